The predicted octanol–water partition coefficient (Wildman–Crippen LogP) is 1.93. The summed E-state index contributed by atoms with van der Waals surface area (Å²) in [7, 11) is 0. The Labute approximate surface area is 116 Å². The van der Waals surface area contributed by atoms with Crippen LogP contribution in [0.5, 0.6) is 5.75 Å². The number of carboxylic acid groups (broad SMARTS) is 1. The third kappa shape index (κ3) is 3.14. The van der Waals surface area contributed by atoms with Crippen LogP contribution in [0.2, 0.25) is 0 Å². The lowest BCUT2D eigenvalue weighted by molar-refractivity contribution is 0.0689. The summed E-state index contributed by atoms with van der Waals surface area (Å²) in [5.41, 5.74) is 1.56. The lowest BCUT2D eigenvalue weighted by Crippen LogP contribution is -2.11. The van der Waals surface area contributed by atoms with E-state index in [0.29, 0.717) is 24.6 Å². The molecule has 20 heavy (non-hydrogen) atoms. The molecule has 0 unspecified atom stereocenters. The molecule has 0 fully saturated rings. The Morgan fingerprint density at radius 2 is 1.95 bits per heavy atom. The summed E-state index contributed by atoms with van der Waals surface area (Å²) in [4.78, 5) is 11.2. The van der Waals surface area contributed by atoms with Crippen LogP contribution in [0.3, 0.4) is 0 Å². The minimum Gasteiger partial charge on any atom is -0.508 e. The molecule has 1 heterocycles. The number of carboxylic acids is 1. The van der Waals surface area contributed by atoms with Crippen molar-refractivity contribution in [3.63, 3.8) is 0 Å². The maximum atomic E-state index is 11.2. The van der Waals surface area contributed by atoms with Crippen LogP contribution in [0, 0.1) is 5.92 Å². The normalized spacial score (nSPS) is 10.9. The van der Waals surface area contributed by atoms with E-state index in [9.17, 15) is 9.90 Å². The van der Waals surface area contributed by atoms with E-state index in [2.05, 4.69) is 10.3 Å². The summed E-state index contributed by atoms with van der Waals surface area (Å²) < 4.78 is 1.61. The van der Waals surface area contributed by atoms with Crippen molar-refractivity contribution in [2.24, 2.45) is 5.92 Å². The summed E-state index contributed by atoms with van der Waals surface area (Å²) in [5, 5.41) is 26.1. The summed E-state index contributed by atoms with van der Waals surface area (Å²) >= 11 is 0. The second-order valence-electron chi connectivity index (χ2n) is 5.11. The first-order valence-corrected chi connectivity index (χ1v) is 6.41. The van der Waals surface area contributed by atoms with Gasteiger partial charge in [-0.3, -0.25) is 0 Å². The fourth-order valence-corrected chi connectivity index (χ4v) is 1.99. The Bertz CT molecular complexity index is 603. The molecule has 2 N–H and O–H groups in total. The van der Waals surface area contributed by atoms with Crippen molar-refractivity contribution in [3.8, 4) is 5.75 Å². The van der Waals surface area contributed by atoms with Crippen LogP contribution in [0.15, 0.2) is 24.3 Å². The van der Waals surface area contributed by atoms with Crippen LogP contribution in [0.1, 0.15) is 35.6 Å². The highest BCUT2D eigenvalue weighted by atomic mass is 16.4. The Kier molecular flexibility index (Phi) is 4.02. The van der Waals surface area contributed by atoms with Gasteiger partial charge in [0.25, 0.3) is 0 Å². The quantitative estimate of drug-likeness (QED) is 0.870. The molecule has 0 aliphatic heterocycles. The van der Waals surface area contributed by atoms with Gasteiger partial charge in [0.05, 0.1) is 12.2 Å². The Morgan fingerprint density at radius 3 is 2.50 bits per heavy atom. The smallest absolute Gasteiger partial charge is 0.358 e. The number of aromatic carboxylic acids is 1. The Hall–Kier alpha value is -2.37. The number of nitrogens with zero attached hydrogens (tertiary/aromatic N) is 3. The number of benzene rings is 1. The number of hydrogen-bond donors (Lipinski definition) is 2. The van der Waals surface area contributed by atoms with Gasteiger partial charge >= 0.3 is 5.97 Å². The fraction of sp³-hybridized carbons (Fsp3) is 0.357. The Morgan fingerprint density at radius 1 is 1.30 bits per heavy atom. The van der Waals surface area contributed by atoms with Crippen LogP contribution < -0.4 is 0 Å². The highest BCUT2D eigenvalue weighted by molar-refractivity contribution is 5.86. The highest BCUT2D eigenvalue weighted by Gasteiger charge is 2.19. The first-order chi connectivity index (χ1) is 9.47. The molecule has 0 aliphatic rings. The van der Waals surface area contributed by atoms with Gasteiger partial charge in [-0.15, -0.1) is 5.10 Å². The summed E-state index contributed by atoms with van der Waals surface area (Å²) in [6, 6.07) is 6.73. The van der Waals surface area contributed by atoms with E-state index in [4.69, 9.17) is 5.11 Å². The molecular formula is C14H17N3O3. The average molecular weight is 275 g/mol. The maximum absolute atomic E-state index is 11.2. The number of aromatic nitrogens is 3. The van der Waals surface area contributed by atoms with Crippen LogP contribution >= 0.6 is 0 Å². The SMILES string of the molecule is CC(C)Cc1c(C(=O)O)nnn1Cc1ccc(O)cc1. The van der Waals surface area contributed by atoms with Crippen molar-refractivity contribution >= 4 is 5.97 Å². The number of rotatable bonds is 5. The number of phenols is 1. The Balaban J connectivity index is 2.31. The van der Waals surface area contributed by atoms with Crippen LogP contribution in [0.25, 0.3) is 0 Å². The molecule has 0 bridgehead atoms. The number of hydrogen-bond acceptors (Lipinski definition) is 4. The average Bonchev–Trinajstić information content (AvgIpc) is 2.75. The van der Waals surface area contributed by atoms with Gasteiger partial charge in [-0.05, 0) is 30.0 Å². The molecule has 1 aromatic carbocycles. The second-order valence-corrected chi connectivity index (χ2v) is 5.11. The van der Waals surface area contributed by atoms with Gasteiger partial charge in [0, 0.05) is 0 Å². The molecule has 2 aromatic rings. The van der Waals surface area contributed by atoms with Gasteiger partial charge in [0.2, 0.25) is 0 Å². The summed E-state index contributed by atoms with van der Waals surface area (Å²) in [6.45, 7) is 4.47. The summed E-state index contributed by atoms with van der Waals surface area (Å²) in [6.07, 6.45) is 0.604. The molecule has 0 atom stereocenters. The third-order valence-corrected chi connectivity index (χ3v) is 2.91. The molecule has 2 rings (SSSR count). The van der Waals surface area contributed by atoms with Crippen LogP contribution in [-0.4, -0.2) is 31.2 Å². The molecule has 6 heteroatoms. The molecule has 0 aliphatic carbocycles. The zero-order valence-corrected chi connectivity index (χ0v) is 11.4. The van der Waals surface area contributed by atoms with E-state index in [1.165, 1.54) is 0 Å². The molecule has 0 radical (unpaired) electrons. The van der Waals surface area contributed by atoms with Gasteiger partial charge in [0.15, 0.2) is 5.69 Å². The van der Waals surface area contributed by atoms with E-state index in [0.717, 1.165) is 5.56 Å². The van der Waals surface area contributed by atoms with Crippen LogP contribution in [0.4, 0.5) is 0 Å². The van der Waals surface area contributed by atoms with E-state index in [1.54, 1.807) is 28.9 Å². The first-order valence-electron chi connectivity index (χ1n) is 6.41. The minimum atomic E-state index is -1.06. The standard InChI is InChI=1S/C14H17N3O3/c1-9(2)7-12-13(14(19)20)15-16-17(12)8-10-3-5-11(18)6-4-10/h3-6,9,18H,7-8H2,1-2H3,(H,19,20). The van der Waals surface area contributed by atoms with E-state index >= 15 is 0 Å². The molecule has 0 amide bonds. The number of phenolic OH excluding ortho intramolecular Hbond substituents is 1. The van der Waals surface area contributed by atoms with E-state index in [-0.39, 0.29) is 11.4 Å². The van der Waals surface area contributed by atoms with Crippen molar-refractivity contribution in [2.45, 2.75) is 26.8 Å². The largest absolute Gasteiger partial charge is 0.508 e. The zero-order valence-electron chi connectivity index (χ0n) is 11.4. The molecule has 0 spiro atoms. The molecule has 1 aromatic heterocycles. The second kappa shape index (κ2) is 5.73. The topological polar surface area (TPSA) is 88.2 Å². The van der Waals surface area contributed by atoms with Crippen molar-refractivity contribution < 1.29 is 15.0 Å². The maximum Gasteiger partial charge on any atom is 0.358 e. The van der Waals surface area contributed by atoms with Crippen molar-refractivity contribution in [3.05, 3.63) is 41.2 Å². The third-order valence-electron chi connectivity index (χ3n) is 2.91. The van der Waals surface area contributed by atoms with Gasteiger partial charge in [-0.1, -0.05) is 31.2 Å². The molecule has 0 saturated heterocycles. The molecule has 106 valence electrons. The van der Waals surface area contributed by atoms with Crippen molar-refractivity contribution in [1.82, 2.24) is 15.0 Å². The fourth-order valence-electron chi connectivity index (χ4n) is 1.99. The monoisotopic (exact) mass is 275 g/mol. The van der Waals surface area contributed by atoms with Crippen molar-refractivity contribution in [1.29, 1.82) is 0 Å². The number of aromatic hydroxyl groups is 1. The molecule has 6 nitrogen and oxygen atoms in total. The van der Waals surface area contributed by atoms with Gasteiger partial charge in [0.1, 0.15) is 5.75 Å². The highest BCUT2D eigenvalue weighted by Crippen LogP contribution is 2.15. The van der Waals surface area contributed by atoms with Gasteiger partial charge in [-0.2, -0.15) is 0 Å². The van der Waals surface area contributed by atoms with Crippen molar-refractivity contribution in [2.75, 3.05) is 0 Å². The molecular weight excluding hydrogens is 258 g/mol. The predicted molar refractivity (Wildman–Crippen MR) is 72.7 cm³/mol. The van der Waals surface area contributed by atoms with Gasteiger partial charge < -0.3 is 10.2 Å². The van der Waals surface area contributed by atoms with E-state index in [1.807, 2.05) is 13.8 Å². The van der Waals surface area contributed by atoms with Crippen LogP contribution in [-0.2, 0) is 13.0 Å². The molecule has 0 saturated carbocycles. The summed E-state index contributed by atoms with van der Waals surface area (Å²) in [5.74, 6) is -0.552. The first kappa shape index (κ1) is 14.0. The minimum absolute atomic E-state index is 0.0116. The number of carbonyl (C=O) groups is 1. The zero-order chi connectivity index (χ0) is 14.7. The van der Waals surface area contributed by atoms with E-state index < -0.39 is 5.97 Å². The lowest BCUT2D eigenvalue weighted by atomic mass is 10.1. The lowest BCUT2D eigenvalue weighted by Gasteiger charge is -2.09. The van der Waals surface area contributed by atoms with Gasteiger partial charge in [-0.25, -0.2) is 9.48 Å².